The van der Waals surface area contributed by atoms with Crippen LogP contribution >= 0.6 is 0 Å². The molecule has 0 atom stereocenters. The van der Waals surface area contributed by atoms with Gasteiger partial charge in [-0.1, -0.05) is 13.8 Å². The maximum absolute atomic E-state index is 8.94. The number of nitrogens with zero attached hydrogens (tertiary/aromatic N) is 3. The summed E-state index contributed by atoms with van der Waals surface area (Å²) in [4.78, 5) is 4.69. The van der Waals surface area contributed by atoms with E-state index in [1.165, 1.54) is 0 Å². The van der Waals surface area contributed by atoms with Gasteiger partial charge in [0.1, 0.15) is 5.82 Å². The summed E-state index contributed by atoms with van der Waals surface area (Å²) in [5.74, 6) is 1.69. The minimum absolute atomic E-state index is 0.386. The lowest BCUT2D eigenvalue weighted by Crippen LogP contribution is -2.08. The first-order chi connectivity index (χ1) is 8.52. The molecule has 0 unspecified atom stereocenters. The van der Waals surface area contributed by atoms with Gasteiger partial charge in [0, 0.05) is 12.5 Å². The molecule has 3 nitrogen and oxygen atoms in total. The normalized spacial score (nSPS) is 11.4. The summed E-state index contributed by atoms with van der Waals surface area (Å²) in [5.41, 5.74) is 2.73. The van der Waals surface area contributed by atoms with E-state index >= 15 is 0 Å². The Labute approximate surface area is 108 Å². The molecule has 18 heavy (non-hydrogen) atoms. The topological polar surface area (TPSA) is 41.6 Å². The zero-order valence-corrected chi connectivity index (χ0v) is 11.4. The highest BCUT2D eigenvalue weighted by molar-refractivity contribution is 5.78. The lowest BCUT2D eigenvalue weighted by molar-refractivity contribution is 0.540. The molecule has 94 valence electrons. The first kappa shape index (κ1) is 12.6. The van der Waals surface area contributed by atoms with Crippen LogP contribution in [0.1, 0.15) is 45.1 Å². The van der Waals surface area contributed by atoms with Crippen LogP contribution in [-0.2, 0) is 6.42 Å². The molecule has 0 aliphatic heterocycles. The van der Waals surface area contributed by atoms with Crippen molar-refractivity contribution in [2.45, 2.75) is 40.2 Å². The average Bonchev–Trinajstić information content (AvgIpc) is 2.64. The SMILES string of the molecule is CC(C)Cc1nc2cc(C#N)ccc2n1C(C)C. The molecule has 0 N–H and O–H groups in total. The van der Waals surface area contributed by atoms with Gasteiger partial charge in [0.2, 0.25) is 0 Å². The summed E-state index contributed by atoms with van der Waals surface area (Å²) in [6.45, 7) is 8.74. The molecule has 1 aromatic carbocycles. The molecular formula is C15H19N3. The van der Waals surface area contributed by atoms with Crippen LogP contribution < -0.4 is 0 Å². The lowest BCUT2D eigenvalue weighted by atomic mass is 10.1. The number of hydrogen-bond donors (Lipinski definition) is 0. The predicted octanol–water partition coefficient (Wildman–Crippen LogP) is 3.69. The monoisotopic (exact) mass is 241 g/mol. The summed E-state index contributed by atoms with van der Waals surface area (Å²) in [5, 5.41) is 8.94. The van der Waals surface area contributed by atoms with Gasteiger partial charge in [-0.15, -0.1) is 0 Å². The maximum atomic E-state index is 8.94. The van der Waals surface area contributed by atoms with Crippen molar-refractivity contribution in [3.63, 3.8) is 0 Å². The molecule has 1 aromatic heterocycles. The van der Waals surface area contributed by atoms with Crippen LogP contribution in [0, 0.1) is 17.2 Å². The Balaban J connectivity index is 2.63. The molecule has 3 heteroatoms. The zero-order valence-electron chi connectivity index (χ0n) is 11.4. The Hall–Kier alpha value is -1.82. The van der Waals surface area contributed by atoms with Crippen molar-refractivity contribution < 1.29 is 0 Å². The standard InChI is InChI=1S/C15H19N3/c1-10(2)7-15-17-13-8-12(9-16)5-6-14(13)18(15)11(3)4/h5-6,8,10-11H,7H2,1-4H3. The molecule has 2 aromatic rings. The molecule has 0 aliphatic carbocycles. The second kappa shape index (κ2) is 4.81. The average molecular weight is 241 g/mol. The van der Waals surface area contributed by atoms with Gasteiger partial charge in [-0.3, -0.25) is 0 Å². The van der Waals surface area contributed by atoms with Crippen molar-refractivity contribution in [1.82, 2.24) is 9.55 Å². The molecule has 0 saturated heterocycles. The van der Waals surface area contributed by atoms with Crippen molar-refractivity contribution >= 4 is 11.0 Å². The molecule has 1 heterocycles. The number of hydrogen-bond acceptors (Lipinski definition) is 2. The highest BCUT2D eigenvalue weighted by atomic mass is 15.1. The highest BCUT2D eigenvalue weighted by Crippen LogP contribution is 2.23. The third kappa shape index (κ3) is 2.24. The number of fused-ring (bicyclic) bond motifs is 1. The van der Waals surface area contributed by atoms with E-state index in [1.54, 1.807) is 0 Å². The van der Waals surface area contributed by atoms with Gasteiger partial charge in [-0.2, -0.15) is 5.26 Å². The van der Waals surface area contributed by atoms with E-state index in [-0.39, 0.29) is 0 Å². The van der Waals surface area contributed by atoms with Crippen molar-refractivity contribution in [3.05, 3.63) is 29.6 Å². The van der Waals surface area contributed by atoms with E-state index in [2.05, 4.69) is 38.3 Å². The first-order valence-electron chi connectivity index (χ1n) is 6.44. The van der Waals surface area contributed by atoms with Gasteiger partial charge in [0.25, 0.3) is 0 Å². The van der Waals surface area contributed by atoms with Crippen LogP contribution in [0.25, 0.3) is 11.0 Å². The maximum Gasteiger partial charge on any atom is 0.110 e. The van der Waals surface area contributed by atoms with Crippen LogP contribution in [0.5, 0.6) is 0 Å². The Morgan fingerprint density at radius 1 is 1.28 bits per heavy atom. The van der Waals surface area contributed by atoms with Gasteiger partial charge >= 0.3 is 0 Å². The summed E-state index contributed by atoms with van der Waals surface area (Å²) in [6, 6.07) is 8.30. The molecule has 0 fully saturated rings. The lowest BCUT2D eigenvalue weighted by Gasteiger charge is -2.14. The van der Waals surface area contributed by atoms with Crippen LogP contribution in [0.2, 0.25) is 0 Å². The van der Waals surface area contributed by atoms with Crippen molar-refractivity contribution in [1.29, 1.82) is 5.26 Å². The van der Waals surface area contributed by atoms with Gasteiger partial charge in [0.05, 0.1) is 22.7 Å². The summed E-state index contributed by atoms with van der Waals surface area (Å²) < 4.78 is 2.27. The zero-order chi connectivity index (χ0) is 13.3. The van der Waals surface area contributed by atoms with E-state index in [0.717, 1.165) is 23.3 Å². The van der Waals surface area contributed by atoms with E-state index in [0.29, 0.717) is 17.5 Å². The second-order valence-electron chi connectivity index (χ2n) is 5.41. The van der Waals surface area contributed by atoms with Crippen LogP contribution in [-0.4, -0.2) is 9.55 Å². The number of rotatable bonds is 3. The van der Waals surface area contributed by atoms with E-state index in [4.69, 9.17) is 10.2 Å². The Bertz CT molecular complexity index is 600. The minimum Gasteiger partial charge on any atom is -0.325 e. The molecular weight excluding hydrogens is 222 g/mol. The van der Waals surface area contributed by atoms with Gasteiger partial charge in [-0.25, -0.2) is 4.98 Å². The Morgan fingerprint density at radius 2 is 2.00 bits per heavy atom. The Kier molecular flexibility index (Phi) is 3.38. The van der Waals surface area contributed by atoms with Crippen molar-refractivity contribution in [3.8, 4) is 6.07 Å². The molecule has 2 rings (SSSR count). The smallest absolute Gasteiger partial charge is 0.110 e. The van der Waals surface area contributed by atoms with Crippen LogP contribution in [0.4, 0.5) is 0 Å². The first-order valence-corrected chi connectivity index (χ1v) is 6.44. The predicted molar refractivity (Wildman–Crippen MR) is 73.4 cm³/mol. The second-order valence-corrected chi connectivity index (χ2v) is 5.41. The van der Waals surface area contributed by atoms with Gasteiger partial charge in [0.15, 0.2) is 0 Å². The molecule has 0 saturated carbocycles. The fourth-order valence-corrected chi connectivity index (χ4v) is 2.30. The number of nitriles is 1. The quantitative estimate of drug-likeness (QED) is 0.822. The van der Waals surface area contributed by atoms with Crippen molar-refractivity contribution in [2.75, 3.05) is 0 Å². The number of benzene rings is 1. The summed E-state index contributed by atoms with van der Waals surface area (Å²) in [6.07, 6.45) is 0.967. The van der Waals surface area contributed by atoms with E-state index < -0.39 is 0 Å². The number of aromatic nitrogens is 2. The summed E-state index contributed by atoms with van der Waals surface area (Å²) in [7, 11) is 0. The third-order valence-corrected chi connectivity index (χ3v) is 3.00. The van der Waals surface area contributed by atoms with Gasteiger partial charge in [-0.05, 0) is 38.0 Å². The molecule has 0 bridgehead atoms. The fourth-order valence-electron chi connectivity index (χ4n) is 2.30. The number of imidazole rings is 1. The van der Waals surface area contributed by atoms with Crippen LogP contribution in [0.3, 0.4) is 0 Å². The largest absolute Gasteiger partial charge is 0.325 e. The molecule has 0 radical (unpaired) electrons. The third-order valence-electron chi connectivity index (χ3n) is 3.00. The fraction of sp³-hybridized carbons (Fsp3) is 0.467. The van der Waals surface area contributed by atoms with Gasteiger partial charge < -0.3 is 4.57 Å². The molecule has 0 aliphatic rings. The van der Waals surface area contributed by atoms with E-state index in [9.17, 15) is 0 Å². The minimum atomic E-state index is 0.386. The summed E-state index contributed by atoms with van der Waals surface area (Å²) >= 11 is 0. The van der Waals surface area contributed by atoms with Crippen LogP contribution in [0.15, 0.2) is 18.2 Å². The Morgan fingerprint density at radius 3 is 2.56 bits per heavy atom. The molecule has 0 amide bonds. The molecule has 0 spiro atoms. The highest BCUT2D eigenvalue weighted by Gasteiger charge is 2.14. The van der Waals surface area contributed by atoms with E-state index in [1.807, 2.05) is 18.2 Å². The van der Waals surface area contributed by atoms with Crippen molar-refractivity contribution in [2.24, 2.45) is 5.92 Å².